The zero-order valence-corrected chi connectivity index (χ0v) is 17.8. The molecule has 2 amide bonds. The number of carbonyl (C=O) groups is 2. The maximum absolute atomic E-state index is 12.8. The van der Waals surface area contributed by atoms with E-state index < -0.39 is 0 Å². The largest absolute Gasteiger partial charge is 0.497 e. The molecule has 3 aromatic carbocycles. The van der Waals surface area contributed by atoms with E-state index in [1.807, 2.05) is 19.1 Å². The Morgan fingerprint density at radius 3 is 2.10 bits per heavy atom. The first-order valence-electron chi connectivity index (χ1n) is 9.55. The first-order valence-corrected chi connectivity index (χ1v) is 9.55. The molecule has 0 heterocycles. The number of ether oxygens (including phenoxy) is 3. The molecule has 0 radical (unpaired) electrons. The van der Waals surface area contributed by atoms with Gasteiger partial charge in [0.15, 0.2) is 0 Å². The van der Waals surface area contributed by atoms with Crippen LogP contribution in [0.4, 0.5) is 11.4 Å². The van der Waals surface area contributed by atoms with Gasteiger partial charge in [-0.25, -0.2) is 0 Å². The lowest BCUT2D eigenvalue weighted by Gasteiger charge is -2.14. The second-order valence-corrected chi connectivity index (χ2v) is 6.70. The highest BCUT2D eigenvalue weighted by molar-refractivity contribution is 6.08. The topological polar surface area (TPSA) is 85.9 Å². The highest BCUT2D eigenvalue weighted by atomic mass is 16.5. The lowest BCUT2D eigenvalue weighted by molar-refractivity contribution is 0.101. The number of benzene rings is 3. The van der Waals surface area contributed by atoms with Crippen LogP contribution in [0, 0.1) is 6.92 Å². The summed E-state index contributed by atoms with van der Waals surface area (Å²) in [4.78, 5) is 25.5. The predicted octanol–water partition coefficient (Wildman–Crippen LogP) is 4.53. The van der Waals surface area contributed by atoms with E-state index in [9.17, 15) is 9.59 Å². The van der Waals surface area contributed by atoms with E-state index in [0.29, 0.717) is 39.8 Å². The van der Waals surface area contributed by atoms with Crippen molar-refractivity contribution in [1.29, 1.82) is 0 Å². The zero-order valence-electron chi connectivity index (χ0n) is 17.8. The highest BCUT2D eigenvalue weighted by Gasteiger charge is 2.16. The predicted molar refractivity (Wildman–Crippen MR) is 120 cm³/mol. The third-order valence-electron chi connectivity index (χ3n) is 4.75. The molecule has 0 unspecified atom stereocenters. The van der Waals surface area contributed by atoms with Gasteiger partial charge in [-0.05, 0) is 48.9 Å². The van der Waals surface area contributed by atoms with E-state index in [2.05, 4.69) is 10.6 Å². The Kier molecular flexibility index (Phi) is 6.77. The normalized spacial score (nSPS) is 10.2. The molecule has 0 aliphatic heterocycles. The molecule has 0 saturated heterocycles. The van der Waals surface area contributed by atoms with Gasteiger partial charge in [0.1, 0.15) is 17.2 Å². The van der Waals surface area contributed by atoms with Gasteiger partial charge in [-0.2, -0.15) is 0 Å². The second kappa shape index (κ2) is 9.67. The highest BCUT2D eigenvalue weighted by Crippen LogP contribution is 2.30. The van der Waals surface area contributed by atoms with Gasteiger partial charge in [0.05, 0.1) is 32.6 Å². The van der Waals surface area contributed by atoms with Crippen molar-refractivity contribution in [2.45, 2.75) is 6.92 Å². The average molecular weight is 420 g/mol. The lowest BCUT2D eigenvalue weighted by Crippen LogP contribution is -2.16. The molecule has 0 atom stereocenters. The van der Waals surface area contributed by atoms with E-state index in [1.165, 1.54) is 14.2 Å². The summed E-state index contributed by atoms with van der Waals surface area (Å²) in [6.45, 7) is 1.87. The number of hydrogen-bond donors (Lipinski definition) is 2. The SMILES string of the molecule is COc1ccc(C(=O)Nc2ccc(OC)c(NC(=O)c3ccccc3C)c2)c(OC)c1. The van der Waals surface area contributed by atoms with Crippen molar-refractivity contribution in [3.8, 4) is 17.2 Å². The van der Waals surface area contributed by atoms with E-state index in [1.54, 1.807) is 55.6 Å². The Hall–Kier alpha value is -4.00. The molecular weight excluding hydrogens is 396 g/mol. The fraction of sp³-hybridized carbons (Fsp3) is 0.167. The number of hydrogen-bond acceptors (Lipinski definition) is 5. The molecule has 0 spiro atoms. The van der Waals surface area contributed by atoms with E-state index >= 15 is 0 Å². The summed E-state index contributed by atoms with van der Waals surface area (Å²) in [5, 5.41) is 5.67. The van der Waals surface area contributed by atoms with Gasteiger partial charge < -0.3 is 24.8 Å². The number of nitrogens with one attached hydrogen (secondary N) is 2. The molecule has 0 bridgehead atoms. The number of carbonyl (C=O) groups excluding carboxylic acids is 2. The van der Waals surface area contributed by atoms with Crippen molar-refractivity contribution in [3.63, 3.8) is 0 Å². The van der Waals surface area contributed by atoms with Gasteiger partial charge in [-0.1, -0.05) is 18.2 Å². The molecule has 0 saturated carbocycles. The zero-order chi connectivity index (χ0) is 22.4. The minimum atomic E-state index is -0.360. The van der Waals surface area contributed by atoms with Crippen LogP contribution in [0.3, 0.4) is 0 Å². The molecule has 0 aromatic heterocycles. The summed E-state index contributed by atoms with van der Waals surface area (Å²) >= 11 is 0. The van der Waals surface area contributed by atoms with Crippen molar-refractivity contribution in [2.75, 3.05) is 32.0 Å². The number of rotatable bonds is 7. The molecule has 3 aromatic rings. The number of methoxy groups -OCH3 is 3. The molecule has 0 aliphatic carbocycles. The quantitative estimate of drug-likeness (QED) is 0.587. The van der Waals surface area contributed by atoms with Crippen LogP contribution in [0.1, 0.15) is 26.3 Å². The molecular formula is C24H24N2O5. The van der Waals surface area contributed by atoms with E-state index in [0.717, 1.165) is 5.56 Å². The lowest BCUT2D eigenvalue weighted by atomic mass is 10.1. The van der Waals surface area contributed by atoms with Crippen molar-refractivity contribution in [3.05, 3.63) is 77.4 Å². The summed E-state index contributed by atoms with van der Waals surface area (Å²) in [5.41, 5.74) is 2.70. The third kappa shape index (κ3) is 4.95. The number of aryl methyl sites for hydroxylation is 1. The summed E-state index contributed by atoms with van der Waals surface area (Å²) in [5.74, 6) is 0.817. The first kappa shape index (κ1) is 21.7. The van der Waals surface area contributed by atoms with Crippen LogP contribution in [-0.4, -0.2) is 33.1 Å². The van der Waals surface area contributed by atoms with Crippen LogP contribution in [0.5, 0.6) is 17.2 Å². The fourth-order valence-corrected chi connectivity index (χ4v) is 3.09. The van der Waals surface area contributed by atoms with Gasteiger partial charge in [0, 0.05) is 17.3 Å². The standard InChI is InChI=1S/C24H24N2O5/c1-15-7-5-6-8-18(15)23(27)26-20-13-16(9-12-21(20)30-3)25-24(28)19-11-10-17(29-2)14-22(19)31-4/h5-14H,1-4H3,(H,25,28)(H,26,27). The Bertz CT molecular complexity index is 1110. The van der Waals surface area contributed by atoms with Gasteiger partial charge >= 0.3 is 0 Å². The van der Waals surface area contributed by atoms with Gasteiger partial charge in [-0.15, -0.1) is 0 Å². The van der Waals surface area contributed by atoms with Crippen LogP contribution < -0.4 is 24.8 Å². The van der Waals surface area contributed by atoms with Crippen LogP contribution in [0.15, 0.2) is 60.7 Å². The van der Waals surface area contributed by atoms with Crippen molar-refractivity contribution in [1.82, 2.24) is 0 Å². The molecule has 7 heteroatoms. The van der Waals surface area contributed by atoms with Gasteiger partial charge in [-0.3, -0.25) is 9.59 Å². The van der Waals surface area contributed by atoms with E-state index in [-0.39, 0.29) is 11.8 Å². The van der Waals surface area contributed by atoms with Crippen molar-refractivity contribution >= 4 is 23.2 Å². The molecule has 0 fully saturated rings. The molecule has 0 aliphatic rings. The van der Waals surface area contributed by atoms with Crippen LogP contribution in [-0.2, 0) is 0 Å². The van der Waals surface area contributed by atoms with Crippen LogP contribution in [0.25, 0.3) is 0 Å². The smallest absolute Gasteiger partial charge is 0.259 e. The Balaban J connectivity index is 1.84. The van der Waals surface area contributed by atoms with E-state index in [4.69, 9.17) is 14.2 Å². The second-order valence-electron chi connectivity index (χ2n) is 6.70. The molecule has 7 nitrogen and oxygen atoms in total. The van der Waals surface area contributed by atoms with Crippen LogP contribution in [0.2, 0.25) is 0 Å². The number of amides is 2. The minimum absolute atomic E-state index is 0.267. The maximum atomic E-state index is 12.8. The summed E-state index contributed by atoms with van der Waals surface area (Å²) in [6, 6.07) is 17.2. The van der Waals surface area contributed by atoms with Gasteiger partial charge in [0.2, 0.25) is 0 Å². The van der Waals surface area contributed by atoms with Crippen molar-refractivity contribution < 1.29 is 23.8 Å². The first-order chi connectivity index (χ1) is 15.0. The summed E-state index contributed by atoms with van der Waals surface area (Å²) in [7, 11) is 4.54. The Morgan fingerprint density at radius 1 is 0.710 bits per heavy atom. The average Bonchev–Trinajstić information content (AvgIpc) is 2.79. The van der Waals surface area contributed by atoms with Crippen molar-refractivity contribution in [2.24, 2.45) is 0 Å². The maximum Gasteiger partial charge on any atom is 0.259 e. The fourth-order valence-electron chi connectivity index (χ4n) is 3.09. The Labute approximate surface area is 180 Å². The Morgan fingerprint density at radius 2 is 1.42 bits per heavy atom. The van der Waals surface area contributed by atoms with Crippen LogP contribution >= 0.6 is 0 Å². The molecule has 160 valence electrons. The molecule has 3 rings (SSSR count). The summed E-state index contributed by atoms with van der Waals surface area (Å²) in [6.07, 6.45) is 0. The molecule has 2 N–H and O–H groups in total. The number of anilines is 2. The monoisotopic (exact) mass is 420 g/mol. The third-order valence-corrected chi connectivity index (χ3v) is 4.75. The summed E-state index contributed by atoms with van der Waals surface area (Å²) < 4.78 is 15.8. The van der Waals surface area contributed by atoms with Gasteiger partial charge in [0.25, 0.3) is 11.8 Å². The minimum Gasteiger partial charge on any atom is -0.497 e. The molecule has 31 heavy (non-hydrogen) atoms.